The molecule has 8 nitrogen and oxygen atoms in total. The smallest absolute Gasteiger partial charge is 0.407 e. The number of likely N-dealkylation sites (tertiary alicyclic amines) is 1. The highest BCUT2D eigenvalue weighted by Crippen LogP contribution is 2.34. The number of pyridine rings is 2. The van der Waals surface area contributed by atoms with Gasteiger partial charge < -0.3 is 14.9 Å². The van der Waals surface area contributed by atoms with Crippen LogP contribution in [0.5, 0.6) is 0 Å². The van der Waals surface area contributed by atoms with E-state index in [0.29, 0.717) is 13.1 Å². The lowest BCUT2D eigenvalue weighted by molar-refractivity contribution is 0.137. The number of carbonyl (C=O) groups is 1. The number of halogens is 1. The van der Waals surface area contributed by atoms with Crippen molar-refractivity contribution in [1.29, 1.82) is 0 Å². The van der Waals surface area contributed by atoms with Crippen molar-refractivity contribution in [3.05, 3.63) is 41.4 Å². The maximum Gasteiger partial charge on any atom is 0.407 e. The third kappa shape index (κ3) is 2.27. The first-order chi connectivity index (χ1) is 12.6. The predicted molar refractivity (Wildman–Crippen MR) is 98.6 cm³/mol. The van der Waals surface area contributed by atoms with Crippen LogP contribution in [0.25, 0.3) is 16.6 Å². The SMILES string of the molecule is O=C(O)N1C[C@@H]2C[C@H]1CN2c1cc(-n2nc(Br)c3cnccc32)ccn1. The number of amides is 1. The summed E-state index contributed by atoms with van der Waals surface area (Å²) in [7, 11) is 0. The quantitative estimate of drug-likeness (QED) is 0.692. The van der Waals surface area contributed by atoms with E-state index in [9.17, 15) is 9.90 Å². The Morgan fingerprint density at radius 1 is 1.23 bits per heavy atom. The molecule has 2 atom stereocenters. The van der Waals surface area contributed by atoms with Gasteiger partial charge >= 0.3 is 6.09 Å². The van der Waals surface area contributed by atoms with Crippen molar-refractivity contribution < 1.29 is 9.90 Å². The molecule has 0 aliphatic carbocycles. The average Bonchev–Trinajstić information content (AvgIpc) is 3.35. The number of piperazine rings is 1. The molecule has 2 fully saturated rings. The highest BCUT2D eigenvalue weighted by molar-refractivity contribution is 9.10. The molecule has 5 heterocycles. The highest BCUT2D eigenvalue weighted by atomic mass is 79.9. The summed E-state index contributed by atoms with van der Waals surface area (Å²) in [6.07, 6.45) is 5.33. The lowest BCUT2D eigenvalue weighted by atomic mass is 10.2. The van der Waals surface area contributed by atoms with E-state index < -0.39 is 6.09 Å². The Morgan fingerprint density at radius 2 is 2.12 bits per heavy atom. The molecule has 1 amide bonds. The molecule has 3 aromatic rings. The van der Waals surface area contributed by atoms with Crippen LogP contribution in [0.15, 0.2) is 41.4 Å². The van der Waals surface area contributed by atoms with Gasteiger partial charge in [0.05, 0.1) is 28.7 Å². The van der Waals surface area contributed by atoms with Crippen LogP contribution >= 0.6 is 15.9 Å². The lowest BCUT2D eigenvalue weighted by Gasteiger charge is -2.33. The number of rotatable bonds is 2. The van der Waals surface area contributed by atoms with Crippen LogP contribution < -0.4 is 4.90 Å². The van der Waals surface area contributed by atoms with Gasteiger partial charge in [0.2, 0.25) is 0 Å². The second-order valence-corrected chi connectivity index (χ2v) is 7.35. The Bertz CT molecular complexity index is 1020. The van der Waals surface area contributed by atoms with E-state index >= 15 is 0 Å². The number of carboxylic acid groups (broad SMARTS) is 1. The van der Waals surface area contributed by atoms with E-state index in [4.69, 9.17) is 0 Å². The minimum atomic E-state index is -0.833. The molecule has 5 rings (SSSR count). The van der Waals surface area contributed by atoms with Gasteiger partial charge in [0.1, 0.15) is 10.4 Å². The summed E-state index contributed by atoms with van der Waals surface area (Å²) in [5.41, 5.74) is 1.87. The van der Waals surface area contributed by atoms with Gasteiger partial charge in [0.15, 0.2) is 0 Å². The summed E-state index contributed by atoms with van der Waals surface area (Å²) in [6.45, 7) is 1.22. The van der Waals surface area contributed by atoms with Crippen molar-refractivity contribution in [3.63, 3.8) is 0 Å². The summed E-state index contributed by atoms with van der Waals surface area (Å²) in [4.78, 5) is 23.7. The van der Waals surface area contributed by atoms with Crippen molar-refractivity contribution >= 4 is 38.7 Å². The van der Waals surface area contributed by atoms with Crippen LogP contribution in [0.1, 0.15) is 6.42 Å². The van der Waals surface area contributed by atoms with Crippen molar-refractivity contribution in [2.24, 2.45) is 0 Å². The van der Waals surface area contributed by atoms with Gasteiger partial charge in [-0.3, -0.25) is 4.98 Å². The first-order valence-electron chi connectivity index (χ1n) is 8.32. The largest absolute Gasteiger partial charge is 0.465 e. The number of hydrogen-bond donors (Lipinski definition) is 1. The van der Waals surface area contributed by atoms with Crippen LogP contribution in [-0.4, -0.2) is 61.0 Å². The minimum absolute atomic E-state index is 0.0497. The first-order valence-corrected chi connectivity index (χ1v) is 9.12. The van der Waals surface area contributed by atoms with Crippen molar-refractivity contribution in [2.45, 2.75) is 18.5 Å². The molecule has 0 radical (unpaired) electrons. The lowest BCUT2D eigenvalue weighted by Crippen LogP contribution is -2.48. The third-order valence-electron chi connectivity index (χ3n) is 5.19. The standard InChI is InChI=1S/C17H15BrN6O2/c18-16-13-7-19-3-2-14(13)24(21-16)10-1-4-20-15(6-10)22-8-12-5-11(22)9-23(12)17(25)26/h1-4,6-7,11-12H,5,8-9H2,(H,25,26)/t11-,12-/m0/s1. The van der Waals surface area contributed by atoms with E-state index in [1.54, 1.807) is 18.6 Å². The van der Waals surface area contributed by atoms with Crippen LogP contribution in [0.3, 0.4) is 0 Å². The molecular formula is C17H15BrN6O2. The van der Waals surface area contributed by atoms with E-state index in [-0.39, 0.29) is 12.1 Å². The molecule has 0 spiro atoms. The summed E-state index contributed by atoms with van der Waals surface area (Å²) < 4.78 is 2.61. The number of nitrogens with zero attached hydrogens (tertiary/aromatic N) is 6. The molecule has 9 heteroatoms. The van der Waals surface area contributed by atoms with Gasteiger partial charge in [-0.15, -0.1) is 0 Å². The zero-order valence-electron chi connectivity index (χ0n) is 13.7. The molecule has 3 aromatic heterocycles. The Kier molecular flexibility index (Phi) is 3.39. The fourth-order valence-electron chi connectivity index (χ4n) is 4.00. The second-order valence-electron chi connectivity index (χ2n) is 6.60. The van der Waals surface area contributed by atoms with Crippen LogP contribution in [-0.2, 0) is 0 Å². The molecule has 2 bridgehead atoms. The molecule has 132 valence electrons. The Balaban J connectivity index is 1.50. The van der Waals surface area contributed by atoms with Gasteiger partial charge in [-0.2, -0.15) is 5.10 Å². The summed E-state index contributed by atoms with van der Waals surface area (Å²) in [5.74, 6) is 0.855. The fourth-order valence-corrected chi connectivity index (χ4v) is 4.47. The highest BCUT2D eigenvalue weighted by Gasteiger charge is 2.45. The molecule has 26 heavy (non-hydrogen) atoms. The van der Waals surface area contributed by atoms with Gasteiger partial charge in [-0.25, -0.2) is 14.5 Å². The number of anilines is 1. The molecule has 0 aromatic carbocycles. The van der Waals surface area contributed by atoms with Gasteiger partial charge in [0, 0.05) is 37.7 Å². The molecule has 1 N–H and O–H groups in total. The van der Waals surface area contributed by atoms with Gasteiger partial charge in [-0.05, 0) is 34.5 Å². The van der Waals surface area contributed by atoms with Gasteiger partial charge in [0.25, 0.3) is 0 Å². The molecular weight excluding hydrogens is 400 g/mol. The summed E-state index contributed by atoms with van der Waals surface area (Å²) in [6, 6.07) is 6.08. The monoisotopic (exact) mass is 414 g/mol. The van der Waals surface area contributed by atoms with E-state index in [0.717, 1.165) is 33.4 Å². The molecule has 0 saturated carbocycles. The van der Waals surface area contributed by atoms with E-state index in [1.807, 2.05) is 22.9 Å². The third-order valence-corrected chi connectivity index (χ3v) is 5.78. The number of aromatic nitrogens is 4. The van der Waals surface area contributed by atoms with E-state index in [2.05, 4.69) is 35.9 Å². The minimum Gasteiger partial charge on any atom is -0.465 e. The predicted octanol–water partition coefficient (Wildman–Crippen LogP) is 2.52. The summed E-state index contributed by atoms with van der Waals surface area (Å²) >= 11 is 3.49. The summed E-state index contributed by atoms with van der Waals surface area (Å²) in [5, 5.41) is 14.8. The topological polar surface area (TPSA) is 87.4 Å². The Hall–Kier alpha value is -2.68. The van der Waals surface area contributed by atoms with E-state index in [1.165, 1.54) is 4.90 Å². The number of fused-ring (bicyclic) bond motifs is 3. The average molecular weight is 415 g/mol. The van der Waals surface area contributed by atoms with Crippen molar-refractivity contribution in [2.75, 3.05) is 18.0 Å². The fraction of sp³-hybridized carbons (Fsp3) is 0.294. The Morgan fingerprint density at radius 3 is 2.88 bits per heavy atom. The molecule has 2 aliphatic rings. The Labute approximate surface area is 157 Å². The maximum atomic E-state index is 11.3. The number of hydrogen-bond acceptors (Lipinski definition) is 5. The molecule has 0 unspecified atom stereocenters. The van der Waals surface area contributed by atoms with Crippen molar-refractivity contribution in [1.82, 2.24) is 24.6 Å². The zero-order valence-corrected chi connectivity index (χ0v) is 15.2. The molecule has 2 saturated heterocycles. The second kappa shape index (κ2) is 5.66. The van der Waals surface area contributed by atoms with Crippen molar-refractivity contribution in [3.8, 4) is 5.69 Å². The van der Waals surface area contributed by atoms with Gasteiger partial charge in [-0.1, -0.05) is 0 Å². The first kappa shape index (κ1) is 15.6. The normalized spacial score (nSPS) is 21.7. The van der Waals surface area contributed by atoms with Crippen LogP contribution in [0.4, 0.5) is 10.6 Å². The van der Waals surface area contributed by atoms with Crippen LogP contribution in [0, 0.1) is 0 Å². The molecule has 2 aliphatic heterocycles. The maximum absolute atomic E-state index is 11.3. The zero-order chi connectivity index (χ0) is 17.8. The van der Waals surface area contributed by atoms with Crippen LogP contribution in [0.2, 0.25) is 0 Å².